The Bertz CT molecular complexity index is 2010. The topological polar surface area (TPSA) is 122 Å². The number of fused-ring (bicyclic) bond motifs is 1. The molecule has 0 spiro atoms. The van der Waals surface area contributed by atoms with E-state index in [-0.39, 0.29) is 26.7 Å². The van der Waals surface area contributed by atoms with Crippen molar-refractivity contribution in [2.45, 2.75) is 43.7 Å². The van der Waals surface area contributed by atoms with Gasteiger partial charge in [-0.05, 0) is 63.2 Å². The maximum atomic E-state index is 13.9. The molecule has 1 fully saturated rings. The third-order valence-electron chi connectivity index (χ3n) is 7.17. The maximum Gasteiger partial charge on any atom is 0.327 e. The highest BCUT2D eigenvalue weighted by atomic mass is 35.5. The number of benzene rings is 3. The number of halogens is 2. The molecule has 6 rings (SSSR count). The molecule has 48 heavy (non-hydrogen) atoms. The smallest absolute Gasteiger partial charge is 0.327 e. The Hall–Kier alpha value is -4.20. The molecule has 0 bridgehead atoms. The SMILES string of the molecule is CC(C)(C)OC(=O)CN(c1ccc2c(ccn2-c2cnc(O[C@H]3CO[C@H](c4ccccc4)OC3)cn2)c1)S(=O)(=O)c1cc(Cl)cc(Cl)c1. The van der Waals surface area contributed by atoms with E-state index in [1.807, 2.05) is 30.3 Å². The average molecular weight is 712 g/mol. The van der Waals surface area contributed by atoms with Gasteiger partial charge in [0.1, 0.15) is 18.2 Å². The number of nitrogens with zero attached hydrogens (tertiary/aromatic N) is 4. The summed E-state index contributed by atoms with van der Waals surface area (Å²) >= 11 is 12.3. The molecule has 5 aromatic rings. The molecule has 0 radical (unpaired) electrons. The number of aromatic nitrogens is 3. The van der Waals surface area contributed by atoms with Crippen molar-refractivity contribution in [2.75, 3.05) is 24.1 Å². The van der Waals surface area contributed by atoms with Gasteiger partial charge in [-0.2, -0.15) is 0 Å². The van der Waals surface area contributed by atoms with Crippen LogP contribution in [0.5, 0.6) is 5.88 Å². The molecule has 2 aromatic heterocycles. The van der Waals surface area contributed by atoms with Crippen molar-refractivity contribution in [1.29, 1.82) is 0 Å². The third-order valence-corrected chi connectivity index (χ3v) is 9.35. The normalized spacial score (nSPS) is 16.9. The van der Waals surface area contributed by atoms with E-state index in [4.69, 9.17) is 42.1 Å². The number of carbonyl (C=O) groups excluding carboxylic acids is 1. The van der Waals surface area contributed by atoms with E-state index in [1.165, 1.54) is 24.4 Å². The lowest BCUT2D eigenvalue weighted by Gasteiger charge is -2.29. The molecule has 0 amide bonds. The number of esters is 1. The van der Waals surface area contributed by atoms with E-state index in [0.29, 0.717) is 30.3 Å². The van der Waals surface area contributed by atoms with Crippen LogP contribution in [0.15, 0.2) is 96.3 Å². The molecule has 0 aliphatic carbocycles. The van der Waals surface area contributed by atoms with Crippen LogP contribution in [0.25, 0.3) is 16.7 Å². The summed E-state index contributed by atoms with van der Waals surface area (Å²) in [4.78, 5) is 21.7. The van der Waals surface area contributed by atoms with Gasteiger partial charge in [-0.25, -0.2) is 18.4 Å². The third kappa shape index (κ3) is 7.74. The van der Waals surface area contributed by atoms with Gasteiger partial charge in [0, 0.05) is 27.2 Å². The van der Waals surface area contributed by atoms with Gasteiger partial charge in [0.2, 0.25) is 5.88 Å². The fourth-order valence-corrected chi connectivity index (χ4v) is 7.25. The highest BCUT2D eigenvalue weighted by Gasteiger charge is 2.31. The predicted molar refractivity (Wildman–Crippen MR) is 181 cm³/mol. The summed E-state index contributed by atoms with van der Waals surface area (Å²) in [5.41, 5.74) is 1.08. The standard InChI is InChI=1S/C34H32Cl2N4O7S/c1-34(2,3)47-32(41)19-40(48(42,43)28-15-24(35)14-25(36)16-28)26-9-10-29-23(13-26)11-12-39(29)30-17-38-31(18-37-30)46-27-20-44-33(45-21-27)22-7-5-4-6-8-22/h4-18,27,33H,19-21H2,1-3H3/t27-,33-. The van der Waals surface area contributed by atoms with Crippen LogP contribution in [-0.2, 0) is 29.0 Å². The lowest BCUT2D eigenvalue weighted by Crippen LogP contribution is -2.39. The summed E-state index contributed by atoms with van der Waals surface area (Å²) in [7, 11) is -4.30. The summed E-state index contributed by atoms with van der Waals surface area (Å²) in [5, 5.41) is 0.966. The van der Waals surface area contributed by atoms with Crippen LogP contribution in [0.2, 0.25) is 10.0 Å². The lowest BCUT2D eigenvalue weighted by atomic mass is 10.2. The van der Waals surface area contributed by atoms with E-state index in [9.17, 15) is 13.2 Å². The zero-order valence-electron chi connectivity index (χ0n) is 26.2. The molecule has 14 heteroatoms. The minimum Gasteiger partial charge on any atom is -0.468 e. The zero-order chi connectivity index (χ0) is 34.1. The van der Waals surface area contributed by atoms with E-state index in [0.717, 1.165) is 15.4 Å². The molecule has 3 aromatic carbocycles. The van der Waals surface area contributed by atoms with Gasteiger partial charge in [0.05, 0.1) is 41.7 Å². The molecule has 0 atom stereocenters. The van der Waals surface area contributed by atoms with E-state index >= 15 is 0 Å². The van der Waals surface area contributed by atoms with Gasteiger partial charge >= 0.3 is 5.97 Å². The molecule has 1 saturated heterocycles. The van der Waals surface area contributed by atoms with Crippen molar-refractivity contribution in [2.24, 2.45) is 0 Å². The number of ether oxygens (including phenoxy) is 4. The second-order valence-corrected chi connectivity index (χ2v) is 14.7. The fourth-order valence-electron chi connectivity index (χ4n) is 5.12. The molecule has 0 unspecified atom stereocenters. The molecular formula is C34H32Cl2N4O7S. The first-order valence-electron chi connectivity index (χ1n) is 14.9. The molecule has 1 aliphatic rings. The number of rotatable bonds is 9. The van der Waals surface area contributed by atoms with Crippen molar-refractivity contribution in [1.82, 2.24) is 14.5 Å². The average Bonchev–Trinajstić information content (AvgIpc) is 3.47. The molecule has 11 nitrogen and oxygen atoms in total. The van der Waals surface area contributed by atoms with Crippen molar-refractivity contribution < 1.29 is 32.2 Å². The monoisotopic (exact) mass is 710 g/mol. The zero-order valence-corrected chi connectivity index (χ0v) is 28.6. The number of anilines is 1. The maximum absolute atomic E-state index is 13.9. The molecule has 0 saturated carbocycles. The van der Waals surface area contributed by atoms with Crippen LogP contribution in [0, 0.1) is 0 Å². The van der Waals surface area contributed by atoms with Crippen LogP contribution in [-0.4, -0.2) is 60.4 Å². The van der Waals surface area contributed by atoms with E-state index < -0.39 is 34.4 Å². The molecular weight excluding hydrogens is 679 g/mol. The van der Waals surface area contributed by atoms with Crippen LogP contribution in [0.4, 0.5) is 5.69 Å². The first-order valence-corrected chi connectivity index (χ1v) is 17.1. The Labute approximate surface area is 288 Å². The summed E-state index contributed by atoms with van der Waals surface area (Å²) < 4.78 is 53.6. The van der Waals surface area contributed by atoms with E-state index in [2.05, 4.69) is 9.97 Å². The van der Waals surface area contributed by atoms with Gasteiger partial charge in [0.25, 0.3) is 10.0 Å². The minimum absolute atomic E-state index is 0.139. The van der Waals surface area contributed by atoms with Crippen molar-refractivity contribution in [3.05, 3.63) is 107 Å². The molecule has 250 valence electrons. The van der Waals surface area contributed by atoms with Gasteiger partial charge in [0.15, 0.2) is 12.1 Å². The van der Waals surface area contributed by atoms with Crippen molar-refractivity contribution in [3.8, 4) is 11.7 Å². The largest absolute Gasteiger partial charge is 0.468 e. The summed E-state index contributed by atoms with van der Waals surface area (Å²) in [6.45, 7) is 5.20. The van der Waals surface area contributed by atoms with Crippen LogP contribution in [0.1, 0.15) is 32.6 Å². The lowest BCUT2D eigenvalue weighted by molar-refractivity contribution is -0.216. The predicted octanol–water partition coefficient (Wildman–Crippen LogP) is 6.76. The quantitative estimate of drug-likeness (QED) is 0.153. The summed E-state index contributed by atoms with van der Waals surface area (Å²) in [6.07, 6.45) is 4.09. The Morgan fingerprint density at radius 3 is 2.31 bits per heavy atom. The highest BCUT2D eigenvalue weighted by Crippen LogP contribution is 2.32. The Morgan fingerprint density at radius 1 is 0.958 bits per heavy atom. The number of hydrogen-bond acceptors (Lipinski definition) is 9. The molecule has 3 heterocycles. The van der Waals surface area contributed by atoms with Gasteiger partial charge < -0.3 is 18.9 Å². The Morgan fingerprint density at radius 2 is 1.67 bits per heavy atom. The Kier molecular flexibility index (Phi) is 9.64. The second kappa shape index (κ2) is 13.7. The number of hydrogen-bond donors (Lipinski definition) is 0. The Balaban J connectivity index is 1.21. The van der Waals surface area contributed by atoms with Crippen LogP contribution >= 0.6 is 23.2 Å². The van der Waals surface area contributed by atoms with Crippen LogP contribution in [0.3, 0.4) is 0 Å². The highest BCUT2D eigenvalue weighted by molar-refractivity contribution is 7.92. The van der Waals surface area contributed by atoms with E-state index in [1.54, 1.807) is 62.0 Å². The summed E-state index contributed by atoms with van der Waals surface area (Å²) in [5.74, 6) is 0.103. The van der Waals surface area contributed by atoms with Gasteiger partial charge in [-0.15, -0.1) is 0 Å². The fraction of sp³-hybridized carbons (Fsp3) is 0.265. The first kappa shape index (κ1) is 33.7. The first-order chi connectivity index (χ1) is 22.9. The van der Waals surface area contributed by atoms with Gasteiger partial charge in [-0.1, -0.05) is 53.5 Å². The van der Waals surface area contributed by atoms with Crippen molar-refractivity contribution in [3.63, 3.8) is 0 Å². The minimum atomic E-state index is -4.30. The molecule has 1 aliphatic heterocycles. The number of carbonyl (C=O) groups is 1. The second-order valence-electron chi connectivity index (χ2n) is 12.0. The number of sulfonamides is 1. The van der Waals surface area contributed by atoms with Crippen molar-refractivity contribution >= 4 is 55.8 Å². The van der Waals surface area contributed by atoms with Gasteiger partial charge in [-0.3, -0.25) is 13.7 Å². The summed E-state index contributed by atoms with van der Waals surface area (Å²) in [6, 6.07) is 20.5. The van der Waals surface area contributed by atoms with Crippen LogP contribution < -0.4 is 9.04 Å². The molecule has 0 N–H and O–H groups in total.